The van der Waals surface area contributed by atoms with E-state index >= 15 is 0 Å². The summed E-state index contributed by atoms with van der Waals surface area (Å²) in [6, 6.07) is 8.41. The highest BCUT2D eigenvalue weighted by Gasteiger charge is 2.07. The molecule has 0 saturated heterocycles. The highest BCUT2D eigenvalue weighted by atomic mass is 14.7. The molecule has 1 unspecified atom stereocenters. The van der Waals surface area contributed by atoms with E-state index in [1.165, 1.54) is 16.5 Å². The number of nitrogens with two attached hydrogens (primary N) is 1. The molecule has 1 heterocycles. The summed E-state index contributed by atoms with van der Waals surface area (Å²) in [5.41, 5.74) is 8.18. The number of hydrogen-bond acceptors (Lipinski definition) is 1. The maximum atomic E-state index is 5.65. The summed E-state index contributed by atoms with van der Waals surface area (Å²) in [6.07, 6.45) is 1.97. The second-order valence-corrected chi connectivity index (χ2v) is 3.42. The van der Waals surface area contributed by atoms with E-state index in [1.54, 1.807) is 0 Å². The van der Waals surface area contributed by atoms with Gasteiger partial charge >= 0.3 is 0 Å². The van der Waals surface area contributed by atoms with E-state index in [9.17, 15) is 0 Å². The van der Waals surface area contributed by atoms with Crippen LogP contribution in [0.25, 0.3) is 10.9 Å². The number of aromatic amines is 1. The molecule has 3 N–H and O–H groups in total. The van der Waals surface area contributed by atoms with Gasteiger partial charge < -0.3 is 10.7 Å². The third-order valence-corrected chi connectivity index (χ3v) is 2.51. The van der Waals surface area contributed by atoms with Gasteiger partial charge in [-0.1, -0.05) is 19.1 Å². The Morgan fingerprint density at radius 1 is 1.38 bits per heavy atom. The summed E-state index contributed by atoms with van der Waals surface area (Å²) in [5, 5.41) is 1.29. The minimum atomic E-state index is 0.430. The first-order valence-corrected chi connectivity index (χ1v) is 4.59. The first-order chi connectivity index (χ1) is 6.33. The average Bonchev–Trinajstić information content (AvgIpc) is 2.63. The van der Waals surface area contributed by atoms with Gasteiger partial charge in [0.05, 0.1) is 0 Å². The van der Waals surface area contributed by atoms with Gasteiger partial charge in [0, 0.05) is 17.1 Å². The Labute approximate surface area is 77.8 Å². The zero-order valence-electron chi connectivity index (χ0n) is 7.75. The second-order valence-electron chi connectivity index (χ2n) is 3.42. The molecule has 0 aliphatic carbocycles. The molecule has 1 aromatic carbocycles. The number of nitrogens with one attached hydrogen (secondary N) is 1. The van der Waals surface area contributed by atoms with Crippen molar-refractivity contribution < 1.29 is 0 Å². The fraction of sp³-hybridized carbons (Fsp3) is 0.273. The van der Waals surface area contributed by atoms with Crippen LogP contribution in [0, 0.1) is 0 Å². The van der Waals surface area contributed by atoms with Gasteiger partial charge in [0.15, 0.2) is 0 Å². The van der Waals surface area contributed by atoms with Crippen molar-refractivity contribution in [3.05, 3.63) is 36.0 Å². The molecule has 0 amide bonds. The standard InChI is InChI=1S/C11H14N2/c1-8(7-12)9-3-2-4-11-10(9)5-6-13-11/h2-6,8,13H,7,12H2,1H3. The van der Waals surface area contributed by atoms with E-state index in [4.69, 9.17) is 5.73 Å². The molecule has 0 spiro atoms. The minimum absolute atomic E-state index is 0.430. The second kappa shape index (κ2) is 3.23. The zero-order valence-corrected chi connectivity index (χ0v) is 7.75. The molecule has 0 bridgehead atoms. The summed E-state index contributed by atoms with van der Waals surface area (Å²) in [5.74, 6) is 0.430. The molecule has 1 aromatic heterocycles. The number of H-pyrrole nitrogens is 1. The Hall–Kier alpha value is -1.28. The quantitative estimate of drug-likeness (QED) is 0.720. The summed E-state index contributed by atoms with van der Waals surface area (Å²) < 4.78 is 0. The molecular weight excluding hydrogens is 160 g/mol. The third kappa shape index (κ3) is 1.33. The van der Waals surface area contributed by atoms with E-state index < -0.39 is 0 Å². The van der Waals surface area contributed by atoms with Crippen LogP contribution in [0.3, 0.4) is 0 Å². The van der Waals surface area contributed by atoms with Gasteiger partial charge in [-0.3, -0.25) is 0 Å². The van der Waals surface area contributed by atoms with E-state index in [2.05, 4.69) is 36.2 Å². The van der Waals surface area contributed by atoms with Gasteiger partial charge in [-0.2, -0.15) is 0 Å². The van der Waals surface area contributed by atoms with E-state index in [0.717, 1.165) is 0 Å². The van der Waals surface area contributed by atoms with Gasteiger partial charge in [-0.15, -0.1) is 0 Å². The molecule has 1 atom stereocenters. The zero-order chi connectivity index (χ0) is 9.26. The normalized spacial score (nSPS) is 13.4. The predicted octanol–water partition coefficient (Wildman–Crippen LogP) is 2.23. The fourth-order valence-electron chi connectivity index (χ4n) is 1.67. The van der Waals surface area contributed by atoms with Gasteiger partial charge in [-0.05, 0) is 30.2 Å². The summed E-state index contributed by atoms with van der Waals surface area (Å²) in [6.45, 7) is 2.85. The molecule has 2 rings (SSSR count). The predicted molar refractivity (Wildman–Crippen MR) is 55.8 cm³/mol. The van der Waals surface area contributed by atoms with Crippen LogP contribution in [-0.2, 0) is 0 Å². The van der Waals surface area contributed by atoms with E-state index in [0.29, 0.717) is 12.5 Å². The van der Waals surface area contributed by atoms with Crippen LogP contribution < -0.4 is 5.73 Å². The lowest BCUT2D eigenvalue weighted by Crippen LogP contribution is -2.08. The summed E-state index contributed by atoms with van der Waals surface area (Å²) >= 11 is 0. The first-order valence-electron chi connectivity index (χ1n) is 4.59. The monoisotopic (exact) mass is 174 g/mol. The minimum Gasteiger partial charge on any atom is -0.361 e. The van der Waals surface area contributed by atoms with Gasteiger partial charge in [-0.25, -0.2) is 0 Å². The van der Waals surface area contributed by atoms with Crippen molar-refractivity contribution in [1.29, 1.82) is 0 Å². The van der Waals surface area contributed by atoms with Gasteiger partial charge in [0.2, 0.25) is 0 Å². The highest BCUT2D eigenvalue weighted by molar-refractivity contribution is 5.83. The molecule has 0 radical (unpaired) electrons. The topological polar surface area (TPSA) is 41.8 Å². The molecule has 0 aliphatic rings. The molecular formula is C11H14N2. The molecule has 0 aliphatic heterocycles. The molecule has 68 valence electrons. The molecule has 0 fully saturated rings. The maximum Gasteiger partial charge on any atom is 0.0456 e. The van der Waals surface area contributed by atoms with Crippen LogP contribution in [0.15, 0.2) is 30.5 Å². The van der Waals surface area contributed by atoms with Crippen molar-refractivity contribution in [2.45, 2.75) is 12.8 Å². The van der Waals surface area contributed by atoms with Crippen LogP contribution in [0.5, 0.6) is 0 Å². The molecule has 0 saturated carbocycles. The lowest BCUT2D eigenvalue weighted by Gasteiger charge is -2.09. The first kappa shape index (κ1) is 8.32. The maximum absolute atomic E-state index is 5.65. The van der Waals surface area contributed by atoms with Crippen LogP contribution in [0.2, 0.25) is 0 Å². The van der Waals surface area contributed by atoms with Crippen LogP contribution in [-0.4, -0.2) is 11.5 Å². The number of aromatic nitrogens is 1. The highest BCUT2D eigenvalue weighted by Crippen LogP contribution is 2.23. The Bertz CT molecular complexity index is 403. The van der Waals surface area contributed by atoms with Crippen molar-refractivity contribution in [2.75, 3.05) is 6.54 Å². The Morgan fingerprint density at radius 3 is 3.00 bits per heavy atom. The van der Waals surface area contributed by atoms with E-state index in [1.807, 2.05) is 6.20 Å². The molecule has 2 aromatic rings. The lowest BCUT2D eigenvalue weighted by atomic mass is 9.98. The SMILES string of the molecule is CC(CN)c1cccc2[nH]ccc12. The smallest absolute Gasteiger partial charge is 0.0456 e. The number of benzene rings is 1. The Balaban J connectivity index is 2.60. The van der Waals surface area contributed by atoms with Gasteiger partial charge in [0.25, 0.3) is 0 Å². The van der Waals surface area contributed by atoms with Crippen molar-refractivity contribution in [2.24, 2.45) is 5.73 Å². The largest absolute Gasteiger partial charge is 0.361 e. The molecule has 13 heavy (non-hydrogen) atoms. The number of hydrogen-bond donors (Lipinski definition) is 2. The fourth-order valence-corrected chi connectivity index (χ4v) is 1.67. The number of fused-ring (bicyclic) bond motifs is 1. The molecule has 2 nitrogen and oxygen atoms in total. The van der Waals surface area contributed by atoms with Crippen LogP contribution in [0.1, 0.15) is 18.4 Å². The van der Waals surface area contributed by atoms with Crippen LogP contribution in [0.4, 0.5) is 0 Å². The third-order valence-electron chi connectivity index (χ3n) is 2.51. The van der Waals surface area contributed by atoms with Gasteiger partial charge in [0.1, 0.15) is 0 Å². The lowest BCUT2D eigenvalue weighted by molar-refractivity contribution is 0.781. The van der Waals surface area contributed by atoms with Crippen LogP contribution >= 0.6 is 0 Å². The summed E-state index contributed by atoms with van der Waals surface area (Å²) in [4.78, 5) is 3.20. The van der Waals surface area contributed by atoms with Crippen molar-refractivity contribution in [3.8, 4) is 0 Å². The van der Waals surface area contributed by atoms with Crippen molar-refractivity contribution in [3.63, 3.8) is 0 Å². The summed E-state index contributed by atoms with van der Waals surface area (Å²) in [7, 11) is 0. The Kier molecular flexibility index (Phi) is 2.07. The Morgan fingerprint density at radius 2 is 2.23 bits per heavy atom. The van der Waals surface area contributed by atoms with Crippen molar-refractivity contribution in [1.82, 2.24) is 4.98 Å². The van der Waals surface area contributed by atoms with Crippen molar-refractivity contribution >= 4 is 10.9 Å². The van der Waals surface area contributed by atoms with E-state index in [-0.39, 0.29) is 0 Å². The molecule has 2 heteroatoms. The number of rotatable bonds is 2. The average molecular weight is 174 g/mol.